The van der Waals surface area contributed by atoms with Gasteiger partial charge in [0.15, 0.2) is 0 Å². The van der Waals surface area contributed by atoms with Crippen LogP contribution in [0.4, 0.5) is 0 Å². The van der Waals surface area contributed by atoms with Gasteiger partial charge in [0.1, 0.15) is 6.04 Å². The Morgan fingerprint density at radius 3 is 2.94 bits per heavy atom. The van der Waals surface area contributed by atoms with Gasteiger partial charge in [-0.2, -0.15) is 0 Å². The summed E-state index contributed by atoms with van der Waals surface area (Å²) in [7, 11) is 1.37. The SMILES string of the molecule is COC(=O)C1CCCCN1C(=O)c1cccs1. The predicted molar refractivity (Wildman–Crippen MR) is 65.0 cm³/mol. The zero-order chi connectivity index (χ0) is 12.3. The van der Waals surface area contributed by atoms with Gasteiger partial charge in [-0.15, -0.1) is 11.3 Å². The number of esters is 1. The van der Waals surface area contributed by atoms with E-state index in [1.165, 1.54) is 18.4 Å². The topological polar surface area (TPSA) is 46.6 Å². The van der Waals surface area contributed by atoms with E-state index in [1.54, 1.807) is 11.0 Å². The van der Waals surface area contributed by atoms with Gasteiger partial charge in [-0.1, -0.05) is 6.07 Å². The van der Waals surface area contributed by atoms with Gasteiger partial charge in [0.25, 0.3) is 5.91 Å². The normalized spacial score (nSPS) is 20.1. The molecule has 0 aliphatic carbocycles. The number of hydrogen-bond acceptors (Lipinski definition) is 4. The highest BCUT2D eigenvalue weighted by Gasteiger charge is 2.33. The van der Waals surface area contributed by atoms with E-state index in [9.17, 15) is 9.59 Å². The van der Waals surface area contributed by atoms with Crippen LogP contribution >= 0.6 is 11.3 Å². The first-order chi connectivity index (χ1) is 8.24. The van der Waals surface area contributed by atoms with Gasteiger partial charge in [-0.05, 0) is 30.7 Å². The maximum Gasteiger partial charge on any atom is 0.328 e. The van der Waals surface area contributed by atoms with Crippen molar-refractivity contribution in [2.24, 2.45) is 0 Å². The predicted octanol–water partition coefficient (Wildman–Crippen LogP) is 1.92. The second-order valence-electron chi connectivity index (χ2n) is 4.01. The van der Waals surface area contributed by atoms with E-state index in [0.717, 1.165) is 12.8 Å². The summed E-state index contributed by atoms with van der Waals surface area (Å²) in [6.45, 7) is 0.635. The number of rotatable bonds is 2. The van der Waals surface area contributed by atoms with Crippen LogP contribution in [0.25, 0.3) is 0 Å². The summed E-state index contributed by atoms with van der Waals surface area (Å²) in [6, 6.07) is 3.22. The number of carbonyl (C=O) groups is 2. The zero-order valence-corrected chi connectivity index (χ0v) is 10.5. The molecule has 2 heterocycles. The van der Waals surface area contributed by atoms with Crippen LogP contribution in [0.5, 0.6) is 0 Å². The van der Waals surface area contributed by atoms with Crippen LogP contribution in [0.2, 0.25) is 0 Å². The Bertz CT molecular complexity index is 402. The molecule has 0 saturated carbocycles. The number of methoxy groups -OCH3 is 1. The summed E-state index contributed by atoms with van der Waals surface area (Å²) in [4.78, 5) is 26.2. The highest BCUT2D eigenvalue weighted by molar-refractivity contribution is 7.12. The number of amides is 1. The van der Waals surface area contributed by atoms with Gasteiger partial charge >= 0.3 is 5.97 Å². The average Bonchev–Trinajstić information content (AvgIpc) is 2.91. The van der Waals surface area contributed by atoms with Crippen LogP contribution < -0.4 is 0 Å². The molecular formula is C12H15NO3S. The maximum atomic E-state index is 12.2. The van der Waals surface area contributed by atoms with Crippen molar-refractivity contribution < 1.29 is 14.3 Å². The molecule has 1 aliphatic heterocycles. The van der Waals surface area contributed by atoms with Crippen LogP contribution in [-0.4, -0.2) is 36.5 Å². The van der Waals surface area contributed by atoms with E-state index < -0.39 is 6.04 Å². The van der Waals surface area contributed by atoms with Crippen LogP contribution in [0.1, 0.15) is 28.9 Å². The van der Waals surface area contributed by atoms with Crippen molar-refractivity contribution >= 4 is 23.2 Å². The third kappa shape index (κ3) is 2.49. The van der Waals surface area contributed by atoms with Crippen molar-refractivity contribution in [1.82, 2.24) is 4.90 Å². The summed E-state index contributed by atoms with van der Waals surface area (Å²) >= 11 is 1.40. The number of thiophene rings is 1. The summed E-state index contributed by atoms with van der Waals surface area (Å²) in [5, 5.41) is 1.87. The molecule has 2 rings (SSSR count). The second kappa shape index (κ2) is 5.31. The van der Waals surface area contributed by atoms with Gasteiger partial charge < -0.3 is 9.64 Å². The Labute approximate surface area is 104 Å². The van der Waals surface area contributed by atoms with Gasteiger partial charge in [-0.25, -0.2) is 4.79 Å². The molecule has 1 saturated heterocycles. The van der Waals surface area contributed by atoms with Crippen molar-refractivity contribution in [3.05, 3.63) is 22.4 Å². The number of likely N-dealkylation sites (tertiary alicyclic amines) is 1. The molecule has 1 atom stereocenters. The Hall–Kier alpha value is -1.36. The van der Waals surface area contributed by atoms with E-state index in [-0.39, 0.29) is 11.9 Å². The molecule has 4 nitrogen and oxygen atoms in total. The standard InChI is InChI=1S/C12H15NO3S/c1-16-12(15)9-5-2-3-7-13(9)11(14)10-6-4-8-17-10/h4,6,8-9H,2-3,5,7H2,1H3. The average molecular weight is 253 g/mol. The lowest BCUT2D eigenvalue weighted by molar-refractivity contribution is -0.147. The highest BCUT2D eigenvalue weighted by atomic mass is 32.1. The van der Waals surface area contributed by atoms with Crippen molar-refractivity contribution in [3.63, 3.8) is 0 Å². The molecular weight excluding hydrogens is 238 g/mol. The highest BCUT2D eigenvalue weighted by Crippen LogP contribution is 2.22. The Kier molecular flexibility index (Phi) is 3.78. The number of piperidine rings is 1. The molecule has 0 radical (unpaired) electrons. The minimum absolute atomic E-state index is 0.0601. The van der Waals surface area contributed by atoms with Crippen molar-refractivity contribution in [2.45, 2.75) is 25.3 Å². The largest absolute Gasteiger partial charge is 0.467 e. The molecule has 5 heteroatoms. The summed E-state index contributed by atoms with van der Waals surface area (Å²) in [6.07, 6.45) is 2.61. The van der Waals surface area contributed by atoms with Crippen LogP contribution in [0.3, 0.4) is 0 Å². The van der Waals surface area contributed by atoms with E-state index in [2.05, 4.69) is 0 Å². The molecule has 0 aromatic carbocycles. The number of nitrogens with zero attached hydrogens (tertiary/aromatic N) is 1. The lowest BCUT2D eigenvalue weighted by Crippen LogP contribution is -2.48. The van der Waals surface area contributed by atoms with Crippen molar-refractivity contribution in [2.75, 3.05) is 13.7 Å². The van der Waals surface area contributed by atoms with Gasteiger partial charge in [-0.3, -0.25) is 4.79 Å². The Balaban J connectivity index is 2.16. The quantitative estimate of drug-likeness (QED) is 0.756. The number of hydrogen-bond donors (Lipinski definition) is 0. The molecule has 1 fully saturated rings. The van der Waals surface area contributed by atoms with Gasteiger partial charge in [0, 0.05) is 6.54 Å². The first-order valence-corrected chi connectivity index (χ1v) is 6.54. The lowest BCUT2D eigenvalue weighted by atomic mass is 10.0. The maximum absolute atomic E-state index is 12.2. The molecule has 1 unspecified atom stereocenters. The van der Waals surface area contributed by atoms with Crippen LogP contribution in [-0.2, 0) is 9.53 Å². The van der Waals surface area contributed by atoms with E-state index in [0.29, 0.717) is 17.8 Å². The smallest absolute Gasteiger partial charge is 0.328 e. The first-order valence-electron chi connectivity index (χ1n) is 5.66. The molecule has 0 spiro atoms. The third-order valence-corrected chi connectivity index (χ3v) is 3.83. The number of carbonyl (C=O) groups excluding carboxylic acids is 2. The molecule has 1 amide bonds. The molecule has 92 valence electrons. The third-order valence-electron chi connectivity index (χ3n) is 2.97. The fraction of sp³-hybridized carbons (Fsp3) is 0.500. The van der Waals surface area contributed by atoms with Crippen molar-refractivity contribution in [3.8, 4) is 0 Å². The molecule has 1 aromatic heterocycles. The van der Waals surface area contributed by atoms with Gasteiger partial charge in [0.05, 0.1) is 12.0 Å². The lowest BCUT2D eigenvalue weighted by Gasteiger charge is -2.33. The summed E-state index contributed by atoms with van der Waals surface area (Å²) < 4.78 is 4.76. The van der Waals surface area contributed by atoms with E-state index in [1.807, 2.05) is 11.4 Å². The van der Waals surface area contributed by atoms with E-state index in [4.69, 9.17) is 4.74 Å². The second-order valence-corrected chi connectivity index (χ2v) is 4.96. The Morgan fingerprint density at radius 1 is 1.47 bits per heavy atom. The molecule has 1 aromatic rings. The van der Waals surface area contributed by atoms with Crippen LogP contribution in [0.15, 0.2) is 17.5 Å². The summed E-state index contributed by atoms with van der Waals surface area (Å²) in [5.74, 6) is -0.371. The minimum Gasteiger partial charge on any atom is -0.467 e. The molecule has 0 bridgehead atoms. The van der Waals surface area contributed by atoms with Crippen molar-refractivity contribution in [1.29, 1.82) is 0 Å². The molecule has 1 aliphatic rings. The molecule has 0 N–H and O–H groups in total. The fourth-order valence-electron chi connectivity index (χ4n) is 2.10. The first kappa shape index (κ1) is 12.1. The number of ether oxygens (including phenoxy) is 1. The zero-order valence-electron chi connectivity index (χ0n) is 9.72. The molecule has 17 heavy (non-hydrogen) atoms. The monoisotopic (exact) mass is 253 g/mol. The van der Waals surface area contributed by atoms with E-state index >= 15 is 0 Å². The van der Waals surface area contributed by atoms with Gasteiger partial charge in [0.2, 0.25) is 0 Å². The van der Waals surface area contributed by atoms with Crippen LogP contribution in [0, 0.1) is 0 Å². The fourth-order valence-corrected chi connectivity index (χ4v) is 2.78. The Morgan fingerprint density at radius 2 is 2.29 bits per heavy atom. The minimum atomic E-state index is -0.414. The summed E-state index contributed by atoms with van der Waals surface area (Å²) in [5.41, 5.74) is 0.